The third kappa shape index (κ3) is 3.68. The molecule has 1 fully saturated rings. The number of carbonyl (C=O) groups excluding carboxylic acids is 1. The molecule has 3 nitrogen and oxygen atoms in total. The average Bonchev–Trinajstić information content (AvgIpc) is 2.96. The molecular formula is C21H26N2O. The minimum atomic E-state index is 0.0254. The molecule has 0 unspecified atom stereocenters. The van der Waals surface area contributed by atoms with Crippen molar-refractivity contribution in [3.63, 3.8) is 0 Å². The van der Waals surface area contributed by atoms with Crippen molar-refractivity contribution < 1.29 is 4.79 Å². The molecule has 0 saturated carbocycles. The van der Waals surface area contributed by atoms with Gasteiger partial charge in [-0.1, -0.05) is 54.1 Å². The zero-order chi connectivity index (χ0) is 17.1. The number of hydrogen-bond donors (Lipinski definition) is 1. The average molecular weight is 322 g/mol. The number of carbonyl (C=O) groups is 1. The van der Waals surface area contributed by atoms with Crippen LogP contribution in [0.4, 0.5) is 0 Å². The number of benzene rings is 2. The van der Waals surface area contributed by atoms with Crippen LogP contribution in [0.2, 0.25) is 0 Å². The smallest absolute Gasteiger partial charge is 0.222 e. The van der Waals surface area contributed by atoms with Gasteiger partial charge in [0.25, 0.3) is 0 Å². The van der Waals surface area contributed by atoms with Gasteiger partial charge in [-0.25, -0.2) is 0 Å². The maximum Gasteiger partial charge on any atom is 0.222 e. The third-order valence-corrected chi connectivity index (χ3v) is 5.05. The zero-order valence-corrected chi connectivity index (χ0v) is 14.5. The second-order valence-electron chi connectivity index (χ2n) is 6.91. The van der Waals surface area contributed by atoms with Gasteiger partial charge >= 0.3 is 0 Å². The van der Waals surface area contributed by atoms with Crippen LogP contribution in [0.3, 0.4) is 0 Å². The molecule has 0 aromatic heterocycles. The van der Waals surface area contributed by atoms with E-state index in [1.807, 2.05) is 23.1 Å². The lowest BCUT2D eigenvalue weighted by Gasteiger charge is -2.17. The first-order valence-electron chi connectivity index (χ1n) is 8.69. The molecule has 1 heterocycles. The van der Waals surface area contributed by atoms with Crippen molar-refractivity contribution in [3.8, 4) is 0 Å². The molecule has 1 aliphatic rings. The van der Waals surface area contributed by atoms with E-state index in [1.165, 1.54) is 22.3 Å². The topological polar surface area (TPSA) is 46.3 Å². The number of aryl methyl sites for hydroxylation is 3. The molecule has 3 heteroatoms. The van der Waals surface area contributed by atoms with Crippen molar-refractivity contribution in [1.82, 2.24) is 4.90 Å². The van der Waals surface area contributed by atoms with E-state index in [4.69, 9.17) is 5.73 Å². The maximum atomic E-state index is 12.6. The van der Waals surface area contributed by atoms with Crippen LogP contribution >= 0.6 is 0 Å². The van der Waals surface area contributed by atoms with Gasteiger partial charge in [-0.15, -0.1) is 0 Å². The summed E-state index contributed by atoms with van der Waals surface area (Å²) in [6, 6.07) is 16.7. The molecular weight excluding hydrogens is 296 g/mol. The van der Waals surface area contributed by atoms with Crippen LogP contribution in [-0.2, 0) is 11.2 Å². The number of nitrogens with zero attached hydrogens (tertiary/aromatic N) is 1. The summed E-state index contributed by atoms with van der Waals surface area (Å²) in [6.07, 6.45) is 1.35. The van der Waals surface area contributed by atoms with Gasteiger partial charge < -0.3 is 10.6 Å². The van der Waals surface area contributed by atoms with Gasteiger partial charge in [0, 0.05) is 31.5 Å². The summed E-state index contributed by atoms with van der Waals surface area (Å²) in [7, 11) is 0. The second kappa shape index (κ2) is 7.18. The van der Waals surface area contributed by atoms with Gasteiger partial charge in [-0.3, -0.25) is 4.79 Å². The lowest BCUT2D eigenvalue weighted by molar-refractivity contribution is -0.130. The van der Waals surface area contributed by atoms with E-state index >= 15 is 0 Å². The SMILES string of the molecule is Cc1ccc(CCC(=O)N2C[C@@H](N)[C@H](c3ccccc3)C2)c(C)c1. The summed E-state index contributed by atoms with van der Waals surface area (Å²) >= 11 is 0. The zero-order valence-electron chi connectivity index (χ0n) is 14.5. The molecule has 2 aromatic carbocycles. The van der Waals surface area contributed by atoms with Crippen molar-refractivity contribution in [1.29, 1.82) is 0 Å². The van der Waals surface area contributed by atoms with E-state index in [0.717, 1.165) is 13.0 Å². The summed E-state index contributed by atoms with van der Waals surface area (Å²) in [5.41, 5.74) is 11.3. The molecule has 1 aliphatic heterocycles. The molecule has 2 N–H and O–H groups in total. The Morgan fingerprint density at radius 2 is 1.88 bits per heavy atom. The Labute approximate surface area is 144 Å². The first-order valence-corrected chi connectivity index (χ1v) is 8.69. The highest BCUT2D eigenvalue weighted by molar-refractivity contribution is 5.77. The minimum absolute atomic E-state index is 0.0254. The third-order valence-electron chi connectivity index (χ3n) is 5.05. The fraction of sp³-hybridized carbons (Fsp3) is 0.381. The Morgan fingerprint density at radius 3 is 2.58 bits per heavy atom. The normalized spacial score (nSPS) is 20.4. The summed E-state index contributed by atoms with van der Waals surface area (Å²) < 4.78 is 0. The minimum Gasteiger partial charge on any atom is -0.340 e. The van der Waals surface area contributed by atoms with Crippen LogP contribution in [0.1, 0.15) is 34.6 Å². The van der Waals surface area contributed by atoms with Crippen molar-refractivity contribution in [3.05, 3.63) is 70.8 Å². The number of likely N-dealkylation sites (tertiary alicyclic amines) is 1. The van der Waals surface area contributed by atoms with E-state index in [-0.39, 0.29) is 17.9 Å². The predicted molar refractivity (Wildman–Crippen MR) is 98.0 cm³/mol. The summed E-state index contributed by atoms with van der Waals surface area (Å²) in [5.74, 6) is 0.458. The standard InChI is InChI=1S/C21H26N2O/c1-15-8-9-17(16(2)12-15)10-11-21(24)23-13-19(20(22)14-23)18-6-4-3-5-7-18/h3-9,12,19-20H,10-11,13-14,22H2,1-2H3/t19-,20+/m0/s1. The fourth-order valence-electron chi connectivity index (χ4n) is 3.61. The molecule has 1 amide bonds. The van der Waals surface area contributed by atoms with Crippen molar-refractivity contribution in [2.75, 3.05) is 13.1 Å². The van der Waals surface area contributed by atoms with Crippen LogP contribution in [0, 0.1) is 13.8 Å². The van der Waals surface area contributed by atoms with Crippen LogP contribution in [-0.4, -0.2) is 29.9 Å². The Morgan fingerprint density at radius 1 is 1.12 bits per heavy atom. The van der Waals surface area contributed by atoms with Crippen molar-refractivity contribution in [2.45, 2.75) is 38.6 Å². The van der Waals surface area contributed by atoms with E-state index in [2.05, 4.69) is 44.2 Å². The molecule has 0 spiro atoms. The van der Waals surface area contributed by atoms with Crippen LogP contribution in [0.15, 0.2) is 48.5 Å². The van der Waals surface area contributed by atoms with Crippen LogP contribution < -0.4 is 5.73 Å². The van der Waals surface area contributed by atoms with Gasteiger partial charge in [0.2, 0.25) is 5.91 Å². The molecule has 24 heavy (non-hydrogen) atoms. The molecule has 2 atom stereocenters. The Hall–Kier alpha value is -2.13. The number of amides is 1. The number of nitrogens with two attached hydrogens (primary N) is 1. The van der Waals surface area contributed by atoms with Gasteiger partial charge in [0.05, 0.1) is 0 Å². The lowest BCUT2D eigenvalue weighted by Crippen LogP contribution is -2.32. The summed E-state index contributed by atoms with van der Waals surface area (Å²) in [4.78, 5) is 14.5. The molecule has 126 valence electrons. The first kappa shape index (κ1) is 16.7. The quantitative estimate of drug-likeness (QED) is 0.939. The Balaban J connectivity index is 1.60. The monoisotopic (exact) mass is 322 g/mol. The highest BCUT2D eigenvalue weighted by atomic mass is 16.2. The highest BCUT2D eigenvalue weighted by Gasteiger charge is 2.33. The molecule has 2 aromatic rings. The fourth-order valence-corrected chi connectivity index (χ4v) is 3.61. The van der Waals surface area contributed by atoms with Gasteiger partial charge in [-0.2, -0.15) is 0 Å². The molecule has 3 rings (SSSR count). The predicted octanol–water partition coefficient (Wildman–Crippen LogP) is 3.19. The van der Waals surface area contributed by atoms with E-state index in [1.54, 1.807) is 0 Å². The Bertz CT molecular complexity index is 711. The highest BCUT2D eigenvalue weighted by Crippen LogP contribution is 2.27. The van der Waals surface area contributed by atoms with Crippen molar-refractivity contribution >= 4 is 5.91 Å². The van der Waals surface area contributed by atoms with Gasteiger partial charge in [0.1, 0.15) is 0 Å². The van der Waals surface area contributed by atoms with E-state index < -0.39 is 0 Å². The molecule has 0 aliphatic carbocycles. The lowest BCUT2D eigenvalue weighted by atomic mass is 9.95. The number of rotatable bonds is 4. The van der Waals surface area contributed by atoms with E-state index in [9.17, 15) is 4.79 Å². The Kier molecular flexibility index (Phi) is 5.00. The second-order valence-corrected chi connectivity index (χ2v) is 6.91. The van der Waals surface area contributed by atoms with Crippen LogP contribution in [0.25, 0.3) is 0 Å². The first-order chi connectivity index (χ1) is 11.5. The van der Waals surface area contributed by atoms with Crippen LogP contribution in [0.5, 0.6) is 0 Å². The number of hydrogen-bond acceptors (Lipinski definition) is 2. The van der Waals surface area contributed by atoms with Gasteiger partial charge in [0.15, 0.2) is 0 Å². The van der Waals surface area contributed by atoms with E-state index in [0.29, 0.717) is 13.0 Å². The maximum absolute atomic E-state index is 12.6. The van der Waals surface area contributed by atoms with Crippen molar-refractivity contribution in [2.24, 2.45) is 5.73 Å². The molecule has 0 radical (unpaired) electrons. The summed E-state index contributed by atoms with van der Waals surface area (Å²) in [6.45, 7) is 5.60. The van der Waals surface area contributed by atoms with Gasteiger partial charge in [-0.05, 0) is 37.0 Å². The molecule has 0 bridgehead atoms. The largest absolute Gasteiger partial charge is 0.340 e. The molecule has 1 saturated heterocycles. The summed E-state index contributed by atoms with van der Waals surface area (Å²) in [5, 5.41) is 0.